The van der Waals surface area contributed by atoms with Crippen molar-refractivity contribution in [2.75, 3.05) is 6.54 Å². The molecule has 90 valence electrons. The van der Waals surface area contributed by atoms with Gasteiger partial charge in [-0.1, -0.05) is 20.8 Å². The Morgan fingerprint density at radius 3 is 2.13 bits per heavy atom. The highest BCUT2D eigenvalue weighted by Gasteiger charge is 2.22. The van der Waals surface area contributed by atoms with Gasteiger partial charge in [-0.15, -0.1) is 0 Å². The molecule has 0 bridgehead atoms. The first kappa shape index (κ1) is 14.6. The lowest BCUT2D eigenvalue weighted by molar-refractivity contribution is -0.124. The highest BCUT2D eigenvalue weighted by molar-refractivity contribution is 5.83. The summed E-state index contributed by atoms with van der Waals surface area (Å²) in [6.07, 6.45) is 3.92. The third kappa shape index (κ3) is 4.78. The number of hydrogen-bond donors (Lipinski definition) is 0. The lowest BCUT2D eigenvalue weighted by atomic mass is 10.1. The lowest BCUT2D eigenvalue weighted by Gasteiger charge is -2.33. The second-order valence-electron chi connectivity index (χ2n) is 4.39. The van der Waals surface area contributed by atoms with Gasteiger partial charge in [0.2, 0.25) is 0 Å². The van der Waals surface area contributed by atoms with Gasteiger partial charge in [0.15, 0.2) is 0 Å². The molecule has 0 aliphatic heterocycles. The van der Waals surface area contributed by atoms with E-state index in [9.17, 15) is 4.79 Å². The van der Waals surface area contributed by atoms with Crippen molar-refractivity contribution in [1.82, 2.24) is 4.90 Å². The molecule has 0 aromatic rings. The molecule has 0 aromatic heterocycles. The number of ketones is 1. The van der Waals surface area contributed by atoms with Gasteiger partial charge in [-0.2, -0.15) is 0 Å². The maximum atomic E-state index is 11.8. The number of hydrogen-bond acceptors (Lipinski definition) is 2. The molecular formula is C13H27NO. The second-order valence-corrected chi connectivity index (χ2v) is 4.39. The summed E-state index contributed by atoms with van der Waals surface area (Å²) in [7, 11) is 0. The number of Topliss-reactive ketones (excluding diaryl/α,β-unsaturated/α-hetero) is 1. The maximum Gasteiger partial charge on any atom is 0.149 e. The zero-order chi connectivity index (χ0) is 11.8. The molecule has 0 amide bonds. The minimum absolute atomic E-state index is 0.0971. The lowest BCUT2D eigenvalue weighted by Crippen LogP contribution is -2.44. The van der Waals surface area contributed by atoms with Gasteiger partial charge in [0.25, 0.3) is 0 Å². The Morgan fingerprint density at radius 1 is 1.13 bits per heavy atom. The van der Waals surface area contributed by atoms with Gasteiger partial charge in [0.1, 0.15) is 5.78 Å². The van der Waals surface area contributed by atoms with Crippen LogP contribution in [-0.2, 0) is 4.79 Å². The molecule has 15 heavy (non-hydrogen) atoms. The topological polar surface area (TPSA) is 20.3 Å². The summed E-state index contributed by atoms with van der Waals surface area (Å²) in [5.41, 5.74) is 0. The molecule has 0 saturated heterocycles. The van der Waals surface area contributed by atoms with Crippen molar-refractivity contribution in [1.29, 1.82) is 0 Å². The first-order valence-electron chi connectivity index (χ1n) is 6.36. The molecule has 0 saturated carbocycles. The molecule has 0 heterocycles. The van der Waals surface area contributed by atoms with Crippen molar-refractivity contribution in [3.8, 4) is 0 Å². The first-order chi connectivity index (χ1) is 7.08. The fourth-order valence-corrected chi connectivity index (χ4v) is 1.93. The van der Waals surface area contributed by atoms with Crippen LogP contribution in [0, 0.1) is 0 Å². The molecular weight excluding hydrogens is 186 g/mol. The van der Waals surface area contributed by atoms with Crippen molar-refractivity contribution in [3.63, 3.8) is 0 Å². The highest BCUT2D eigenvalue weighted by Crippen LogP contribution is 2.12. The van der Waals surface area contributed by atoms with Gasteiger partial charge in [-0.25, -0.2) is 0 Å². The van der Waals surface area contributed by atoms with Crippen LogP contribution < -0.4 is 0 Å². The second kappa shape index (κ2) is 7.86. The zero-order valence-electron chi connectivity index (χ0n) is 11.0. The van der Waals surface area contributed by atoms with Gasteiger partial charge in [0, 0.05) is 12.5 Å². The number of nitrogens with zero attached hydrogens (tertiary/aromatic N) is 1. The molecule has 0 radical (unpaired) electrons. The molecule has 0 aliphatic rings. The van der Waals surface area contributed by atoms with E-state index < -0.39 is 0 Å². The molecule has 0 N–H and O–H groups in total. The summed E-state index contributed by atoms with van der Waals surface area (Å²) >= 11 is 0. The van der Waals surface area contributed by atoms with Crippen molar-refractivity contribution < 1.29 is 4.79 Å². The normalized spacial score (nSPS) is 15.3. The van der Waals surface area contributed by atoms with Crippen LogP contribution in [0.3, 0.4) is 0 Å². The van der Waals surface area contributed by atoms with Crippen LogP contribution in [-0.4, -0.2) is 29.3 Å². The van der Waals surface area contributed by atoms with Crippen LogP contribution in [0.2, 0.25) is 0 Å². The third-order valence-electron chi connectivity index (χ3n) is 3.10. The highest BCUT2D eigenvalue weighted by atomic mass is 16.1. The Labute approximate surface area is 95.0 Å². The third-order valence-corrected chi connectivity index (χ3v) is 3.10. The number of carbonyl (C=O) groups excluding carboxylic acids is 1. The van der Waals surface area contributed by atoms with E-state index in [1.54, 1.807) is 0 Å². The van der Waals surface area contributed by atoms with E-state index >= 15 is 0 Å². The molecule has 2 heteroatoms. The van der Waals surface area contributed by atoms with Crippen molar-refractivity contribution in [2.45, 2.75) is 72.4 Å². The average molecular weight is 213 g/mol. The predicted octanol–water partition coefficient (Wildman–Crippen LogP) is 3.25. The predicted molar refractivity (Wildman–Crippen MR) is 66.1 cm³/mol. The smallest absolute Gasteiger partial charge is 0.149 e. The number of carbonyl (C=O) groups is 1. The summed E-state index contributed by atoms with van der Waals surface area (Å²) in [6.45, 7) is 11.7. The van der Waals surface area contributed by atoms with E-state index in [1.807, 2.05) is 0 Å². The van der Waals surface area contributed by atoms with Crippen molar-refractivity contribution >= 4 is 5.78 Å². The Bertz CT molecular complexity index is 179. The molecule has 0 aromatic carbocycles. The van der Waals surface area contributed by atoms with Crippen LogP contribution in [0.4, 0.5) is 0 Å². The minimum Gasteiger partial charge on any atom is -0.298 e. The van der Waals surface area contributed by atoms with Gasteiger partial charge in [-0.3, -0.25) is 9.69 Å². The monoisotopic (exact) mass is 213 g/mol. The van der Waals surface area contributed by atoms with Crippen LogP contribution in [0.1, 0.15) is 60.3 Å². The first-order valence-corrected chi connectivity index (χ1v) is 6.36. The number of rotatable bonds is 8. The van der Waals surface area contributed by atoms with Crippen LogP contribution in [0.15, 0.2) is 0 Å². The fraction of sp³-hybridized carbons (Fsp3) is 0.923. The van der Waals surface area contributed by atoms with Crippen LogP contribution in [0.5, 0.6) is 0 Å². The molecule has 2 unspecified atom stereocenters. The van der Waals surface area contributed by atoms with E-state index in [0.29, 0.717) is 11.8 Å². The average Bonchev–Trinajstić information content (AvgIpc) is 2.24. The quantitative estimate of drug-likeness (QED) is 0.617. The van der Waals surface area contributed by atoms with Gasteiger partial charge in [0.05, 0.1) is 6.04 Å². The van der Waals surface area contributed by atoms with E-state index in [2.05, 4.69) is 39.5 Å². The fourth-order valence-electron chi connectivity index (χ4n) is 1.93. The van der Waals surface area contributed by atoms with Gasteiger partial charge < -0.3 is 0 Å². The molecule has 0 spiro atoms. The zero-order valence-corrected chi connectivity index (χ0v) is 11.0. The minimum atomic E-state index is 0.0971. The van der Waals surface area contributed by atoms with Gasteiger partial charge in [-0.05, 0) is 39.7 Å². The molecule has 0 aliphatic carbocycles. The van der Waals surface area contributed by atoms with E-state index in [4.69, 9.17) is 0 Å². The summed E-state index contributed by atoms with van der Waals surface area (Å²) in [5.74, 6) is 0.395. The summed E-state index contributed by atoms with van der Waals surface area (Å²) < 4.78 is 0. The largest absolute Gasteiger partial charge is 0.298 e. The molecule has 2 atom stereocenters. The van der Waals surface area contributed by atoms with Gasteiger partial charge >= 0.3 is 0 Å². The SMILES string of the molecule is CCCC(=O)C(C)N(CCC)C(C)CC. The standard InChI is InChI=1S/C13H27NO/c1-6-9-13(15)12(5)14(10-7-2)11(4)8-3/h11-12H,6-10H2,1-5H3. The summed E-state index contributed by atoms with van der Waals surface area (Å²) in [6, 6.07) is 0.612. The van der Waals surface area contributed by atoms with E-state index in [1.165, 1.54) is 0 Å². The molecule has 0 fully saturated rings. The Kier molecular flexibility index (Phi) is 7.67. The molecule has 2 nitrogen and oxygen atoms in total. The molecule has 0 rings (SSSR count). The maximum absolute atomic E-state index is 11.8. The summed E-state index contributed by atoms with van der Waals surface area (Å²) in [4.78, 5) is 14.2. The Balaban J connectivity index is 4.39. The Morgan fingerprint density at radius 2 is 1.73 bits per heavy atom. The van der Waals surface area contributed by atoms with Crippen molar-refractivity contribution in [3.05, 3.63) is 0 Å². The Hall–Kier alpha value is -0.370. The van der Waals surface area contributed by atoms with E-state index in [-0.39, 0.29) is 6.04 Å². The van der Waals surface area contributed by atoms with Crippen LogP contribution in [0.25, 0.3) is 0 Å². The van der Waals surface area contributed by atoms with Crippen molar-refractivity contribution in [2.24, 2.45) is 0 Å². The summed E-state index contributed by atoms with van der Waals surface area (Å²) in [5, 5.41) is 0. The van der Waals surface area contributed by atoms with Crippen LogP contribution >= 0.6 is 0 Å². The van der Waals surface area contributed by atoms with E-state index in [0.717, 1.165) is 32.2 Å².